The van der Waals surface area contributed by atoms with Crippen LogP contribution in [0, 0.1) is 11.8 Å². The first-order valence-electron chi connectivity index (χ1n) is 5.66. The molecule has 0 amide bonds. The van der Waals surface area contributed by atoms with Gasteiger partial charge in [0.25, 0.3) is 0 Å². The van der Waals surface area contributed by atoms with Crippen molar-refractivity contribution in [1.29, 1.82) is 0 Å². The molecule has 114 valence electrons. The molecule has 0 aromatic carbocycles. The monoisotopic (exact) mass is 510 g/mol. The zero-order valence-electron chi connectivity index (χ0n) is 10.3. The Balaban J connectivity index is 2.49. The lowest BCUT2D eigenvalue weighted by Crippen LogP contribution is -2.26. The van der Waals surface area contributed by atoms with Crippen molar-refractivity contribution in [2.24, 2.45) is 0 Å². The Hall–Kier alpha value is 0.320. The molecule has 0 N–H and O–H groups in total. The van der Waals surface area contributed by atoms with Gasteiger partial charge in [0.2, 0.25) is 0 Å². The topological polar surface area (TPSA) is 22.4 Å². The van der Waals surface area contributed by atoms with Crippen molar-refractivity contribution < 1.29 is 22.1 Å². The second kappa shape index (κ2) is 7.73. The van der Waals surface area contributed by atoms with Gasteiger partial charge in [0.15, 0.2) is 5.76 Å². The molecule has 1 unspecified atom stereocenters. The maximum absolute atomic E-state index is 12.7. The lowest BCUT2D eigenvalue weighted by molar-refractivity contribution is -0.0328. The molecule has 0 fully saturated rings. The van der Waals surface area contributed by atoms with Crippen LogP contribution in [-0.4, -0.2) is 12.1 Å². The zero-order valence-corrected chi connectivity index (χ0v) is 15.9. The summed E-state index contributed by atoms with van der Waals surface area (Å²) in [6.45, 7) is 0.421. The van der Waals surface area contributed by atoms with Crippen LogP contribution in [0.5, 0.6) is 0 Å². The first kappa shape index (κ1) is 17.7. The number of furan rings is 1. The van der Waals surface area contributed by atoms with Gasteiger partial charge in [-0.15, -0.1) is 0 Å². The van der Waals surface area contributed by atoms with E-state index >= 15 is 0 Å². The average Bonchev–Trinajstić information content (AvgIpc) is 2.73. The molecule has 1 aliphatic rings. The Morgan fingerprint density at radius 3 is 2.95 bits per heavy atom. The van der Waals surface area contributed by atoms with Crippen molar-refractivity contribution in [2.45, 2.75) is 23.2 Å². The summed E-state index contributed by atoms with van der Waals surface area (Å²) in [5, 5.41) is 0.469. The van der Waals surface area contributed by atoms with Gasteiger partial charge in [-0.3, -0.25) is 0 Å². The first-order chi connectivity index (χ1) is 9.92. The van der Waals surface area contributed by atoms with E-state index in [4.69, 9.17) is 8.94 Å². The maximum atomic E-state index is 12.7. The van der Waals surface area contributed by atoms with Crippen molar-refractivity contribution in [3.8, 4) is 11.8 Å². The van der Waals surface area contributed by atoms with Crippen LogP contribution in [-0.2, 0) is 4.52 Å². The van der Waals surface area contributed by atoms with Gasteiger partial charge in [0.05, 0.1) is 11.3 Å². The number of rotatable bonds is 3. The Labute approximate surface area is 146 Å². The van der Waals surface area contributed by atoms with Gasteiger partial charge >= 0.3 is 5.51 Å². The fraction of sp³-hybridized carbons (Fsp3) is 0.333. The number of thioether (sulfide) groups is 1. The summed E-state index contributed by atoms with van der Waals surface area (Å²) in [5.74, 6) is 5.34. The molecule has 1 heterocycles. The standard InChI is InChI=1S/C12H8BrF3IO2PS/c13-8-4-1-3-7-10(8)19-9(5-2-6-18-20-17)11(7)21-12(14,15)16/h3,20H,1,4,6H2. The summed E-state index contributed by atoms with van der Waals surface area (Å²) in [7, 11) is 0. The van der Waals surface area contributed by atoms with Crippen molar-refractivity contribution in [3.05, 3.63) is 16.4 Å². The van der Waals surface area contributed by atoms with Crippen LogP contribution >= 0.6 is 56.2 Å². The number of halogens is 5. The molecule has 0 spiro atoms. The fourth-order valence-corrected chi connectivity index (χ4v) is 3.57. The van der Waals surface area contributed by atoms with Gasteiger partial charge in [0, 0.05) is 9.70 Å². The minimum absolute atomic E-state index is 0.0265. The van der Waals surface area contributed by atoms with Crippen LogP contribution in [0.4, 0.5) is 13.2 Å². The minimum atomic E-state index is -4.38. The minimum Gasteiger partial charge on any atom is -0.446 e. The highest BCUT2D eigenvalue weighted by atomic mass is 127. The van der Waals surface area contributed by atoms with Gasteiger partial charge in [-0.2, -0.15) is 13.2 Å². The summed E-state index contributed by atoms with van der Waals surface area (Å²) >= 11 is 5.20. The fourth-order valence-electron chi connectivity index (χ4n) is 1.75. The van der Waals surface area contributed by atoms with Crippen molar-refractivity contribution in [2.75, 3.05) is 6.61 Å². The second-order valence-electron chi connectivity index (χ2n) is 3.87. The summed E-state index contributed by atoms with van der Waals surface area (Å²) in [6, 6.07) is 0. The van der Waals surface area contributed by atoms with Gasteiger partial charge < -0.3 is 8.94 Å². The maximum Gasteiger partial charge on any atom is 0.446 e. The SMILES string of the molecule is FC(F)(F)Sc1c(C#CCOPI)oc2c1=CCCC=2Br. The Morgan fingerprint density at radius 2 is 2.29 bits per heavy atom. The lowest BCUT2D eigenvalue weighted by Gasteiger charge is -2.04. The summed E-state index contributed by atoms with van der Waals surface area (Å²) in [5.41, 5.74) is -3.94. The van der Waals surface area contributed by atoms with E-state index in [2.05, 4.69) is 27.8 Å². The Morgan fingerprint density at radius 1 is 1.52 bits per heavy atom. The lowest BCUT2D eigenvalue weighted by atomic mass is 10.2. The van der Waals surface area contributed by atoms with E-state index < -0.39 is 5.51 Å². The molecule has 1 aromatic rings. The second-order valence-corrected chi connectivity index (χ2v) is 7.66. The van der Waals surface area contributed by atoms with E-state index in [-0.39, 0.29) is 35.5 Å². The third-order valence-corrected chi connectivity index (χ3v) is 5.26. The summed E-state index contributed by atoms with van der Waals surface area (Å²) < 4.78 is 49.5. The van der Waals surface area contributed by atoms with E-state index in [1.54, 1.807) is 6.08 Å². The largest absolute Gasteiger partial charge is 0.446 e. The quantitative estimate of drug-likeness (QED) is 0.199. The molecule has 0 bridgehead atoms. The average molecular weight is 511 g/mol. The van der Waals surface area contributed by atoms with Gasteiger partial charge in [0.1, 0.15) is 12.0 Å². The number of hydrogen-bond acceptors (Lipinski definition) is 3. The van der Waals surface area contributed by atoms with Crippen molar-refractivity contribution in [3.63, 3.8) is 0 Å². The number of fused-ring (bicyclic) bond motifs is 1. The molecule has 0 aliphatic heterocycles. The normalized spacial score (nSPS) is 14.8. The highest BCUT2D eigenvalue weighted by Crippen LogP contribution is 2.37. The van der Waals surface area contributed by atoms with Gasteiger partial charge in [-0.25, -0.2) is 0 Å². The van der Waals surface area contributed by atoms with E-state index in [9.17, 15) is 13.2 Å². The van der Waals surface area contributed by atoms with Crippen LogP contribution in [0.25, 0.3) is 10.6 Å². The molecule has 2 rings (SSSR count). The third-order valence-electron chi connectivity index (χ3n) is 2.48. The third kappa shape index (κ3) is 4.90. The molecule has 1 atom stereocenters. The highest BCUT2D eigenvalue weighted by Gasteiger charge is 2.33. The van der Waals surface area contributed by atoms with Crippen LogP contribution in [0.1, 0.15) is 18.6 Å². The molecule has 9 heteroatoms. The summed E-state index contributed by atoms with van der Waals surface area (Å²) in [6.07, 6.45) is 3.14. The molecule has 21 heavy (non-hydrogen) atoms. The molecular weight excluding hydrogens is 503 g/mol. The van der Waals surface area contributed by atoms with E-state index in [1.807, 2.05) is 22.0 Å². The number of hydrogen-bond donors (Lipinski definition) is 0. The van der Waals surface area contributed by atoms with E-state index in [0.29, 0.717) is 23.5 Å². The van der Waals surface area contributed by atoms with Crippen molar-refractivity contribution >= 4 is 66.7 Å². The first-order valence-corrected chi connectivity index (χ1v) is 11.3. The molecule has 0 saturated carbocycles. The molecule has 1 aromatic heterocycles. The van der Waals surface area contributed by atoms with Crippen LogP contribution in [0.3, 0.4) is 0 Å². The van der Waals surface area contributed by atoms with Crippen molar-refractivity contribution in [1.82, 2.24) is 0 Å². The smallest absolute Gasteiger partial charge is 0.446 e. The zero-order chi connectivity index (χ0) is 15.5. The molecule has 1 aliphatic carbocycles. The van der Waals surface area contributed by atoms with Crippen LogP contribution in [0.15, 0.2) is 9.31 Å². The molecular formula is C12H8BrF3IO2PS. The molecule has 2 nitrogen and oxygen atoms in total. The van der Waals surface area contributed by atoms with E-state index in [1.165, 1.54) is 0 Å². The Kier molecular flexibility index (Phi) is 6.51. The van der Waals surface area contributed by atoms with Crippen LogP contribution < -0.4 is 10.6 Å². The number of alkyl halides is 3. The van der Waals surface area contributed by atoms with E-state index in [0.717, 1.165) is 4.48 Å². The summed E-state index contributed by atoms with van der Waals surface area (Å²) in [4.78, 5) is 0.0265. The van der Waals surface area contributed by atoms with Gasteiger partial charge in [-0.05, 0) is 52.6 Å². The van der Waals surface area contributed by atoms with Gasteiger partial charge in [-0.1, -0.05) is 27.9 Å². The van der Waals surface area contributed by atoms with Crippen LogP contribution in [0.2, 0.25) is 0 Å². The predicted octanol–water partition coefficient (Wildman–Crippen LogP) is 4.28. The molecule has 0 radical (unpaired) electrons. The Bertz CT molecular complexity index is 705. The molecule has 0 saturated heterocycles. The predicted molar refractivity (Wildman–Crippen MR) is 91.1 cm³/mol. The highest BCUT2D eigenvalue weighted by molar-refractivity contribution is 14.2.